The van der Waals surface area contributed by atoms with Crippen LogP contribution in [0.3, 0.4) is 0 Å². The van der Waals surface area contributed by atoms with Crippen LogP contribution >= 0.6 is 8.50 Å². The third kappa shape index (κ3) is 8.82. The molecule has 4 heavy (non-hydrogen) atoms. The average molecular weight is 132 g/mol. The number of rotatable bonds is 0. The Morgan fingerprint density at radius 1 is 1.50 bits per heavy atom. The molecule has 0 saturated carbocycles. The molecule has 0 heterocycles. The van der Waals surface area contributed by atoms with Crippen molar-refractivity contribution in [3.63, 3.8) is 0 Å². The molecule has 0 aromatic carbocycles. The molecular formula is H6Al2CaS. The van der Waals surface area contributed by atoms with E-state index < -0.39 is 0 Å². The van der Waals surface area contributed by atoms with Crippen LogP contribution in [0.25, 0.3) is 0 Å². The van der Waals surface area contributed by atoms with Gasteiger partial charge in [-0.15, -0.1) is 0 Å². The molecule has 0 spiro atoms. The summed E-state index contributed by atoms with van der Waals surface area (Å²) < 4.78 is 0. The van der Waals surface area contributed by atoms with Crippen LogP contribution in [0.2, 0.25) is 0 Å². The van der Waals surface area contributed by atoms with Crippen molar-refractivity contribution in [3.8, 4) is 0 Å². The topological polar surface area (TPSA) is 0 Å². The molecule has 0 aromatic rings. The van der Waals surface area contributed by atoms with Crippen molar-refractivity contribution < 1.29 is 2.85 Å². The van der Waals surface area contributed by atoms with E-state index in [0.717, 1.165) is 0 Å². The fourth-order valence-electron chi connectivity index (χ4n) is 0. The standard InChI is InChI=1S/2Al.Ca.S.6H/q;;+2;;;;;;2*-1. The molecular weight excluding hydrogens is 126 g/mol. The molecule has 0 fully saturated rings. The zero-order chi connectivity index (χ0) is 2.71. The van der Waals surface area contributed by atoms with Gasteiger partial charge in [-0.3, -0.25) is 0 Å². The van der Waals surface area contributed by atoms with Gasteiger partial charge < -0.3 is 11.3 Å². The largest absolute Gasteiger partial charge is 2.00 e. The Morgan fingerprint density at radius 3 is 1.50 bits per heavy atom. The Labute approximate surface area is 78.0 Å². The van der Waals surface area contributed by atoms with Crippen molar-refractivity contribution in [3.05, 3.63) is 0 Å². The van der Waals surface area contributed by atoms with Crippen LogP contribution < -0.4 is 0 Å². The zero-order valence-corrected chi connectivity index (χ0v) is 10.1. The van der Waals surface area contributed by atoms with Crippen molar-refractivity contribution in [2.45, 2.75) is 0 Å². The predicted octanol–water partition coefficient (Wildman–Crippen LogP) is -1.34. The Kier molecular flexibility index (Phi) is 22.6. The van der Waals surface area contributed by atoms with Crippen LogP contribution in [0.1, 0.15) is 2.85 Å². The minimum absolute atomic E-state index is 0. The van der Waals surface area contributed by atoms with Gasteiger partial charge in [0.15, 0.2) is 0 Å². The van der Waals surface area contributed by atoms with E-state index in [9.17, 15) is 0 Å². The van der Waals surface area contributed by atoms with Gasteiger partial charge in [-0.2, -0.15) is 0 Å². The average Bonchev–Trinajstić information content (AvgIpc) is 0.918. The smallest absolute Gasteiger partial charge is 1.00 e. The van der Waals surface area contributed by atoms with E-state index in [0.29, 0.717) is 0 Å². The first kappa shape index (κ1) is 9.84. The van der Waals surface area contributed by atoms with Crippen LogP contribution in [0, 0.1) is 0 Å². The second-order valence-electron chi connectivity index (χ2n) is 0.408. The molecule has 20 valence electrons. The molecule has 0 bridgehead atoms. The summed E-state index contributed by atoms with van der Waals surface area (Å²) in [6, 6.07) is 0. The molecule has 0 rings (SSSR count). The van der Waals surface area contributed by atoms with Gasteiger partial charge in [0.25, 0.3) is 30.3 Å². The van der Waals surface area contributed by atoms with Crippen molar-refractivity contribution in [1.82, 2.24) is 0 Å². The summed E-state index contributed by atoms with van der Waals surface area (Å²) in [4.78, 5) is 0. The Bertz CT molecular complexity index is 11.5. The van der Waals surface area contributed by atoms with E-state index in [1.165, 1.54) is 30.3 Å². The maximum absolute atomic E-state index is 2.03. The Morgan fingerprint density at radius 2 is 1.50 bits per heavy atom. The molecule has 0 saturated heterocycles. The van der Waals surface area contributed by atoms with Gasteiger partial charge in [0.2, 0.25) is 0 Å². The third-order valence-corrected chi connectivity index (χ3v) is 0. The first-order chi connectivity index (χ1) is 1.41. The van der Waals surface area contributed by atoms with Gasteiger partial charge in [0, 0.05) is 0 Å². The van der Waals surface area contributed by atoms with Gasteiger partial charge in [-0.05, 0) is 0 Å². The van der Waals surface area contributed by atoms with Crippen molar-refractivity contribution in [2.75, 3.05) is 0 Å². The maximum Gasteiger partial charge on any atom is 2.00 e. The number of hydrogen-bond donors (Lipinski definition) is 0. The molecule has 0 unspecified atom stereocenters. The second kappa shape index (κ2) is 9.18. The summed E-state index contributed by atoms with van der Waals surface area (Å²) in [5, 5.41) is 0. The van der Waals surface area contributed by atoms with Crippen LogP contribution in [-0.4, -0.2) is 68.1 Å². The van der Waals surface area contributed by atoms with E-state index in [4.69, 9.17) is 0 Å². The van der Waals surface area contributed by atoms with Crippen LogP contribution in [-0.2, 0) is 0 Å². The van der Waals surface area contributed by atoms with Gasteiger partial charge in [0.1, 0.15) is 0 Å². The molecule has 0 aliphatic heterocycles. The van der Waals surface area contributed by atoms with Gasteiger partial charge >= 0.3 is 37.7 Å². The Hall–Kier alpha value is 2.67. The quantitative estimate of drug-likeness (QED) is 0.368. The molecule has 0 aliphatic rings. The second-order valence-corrected chi connectivity index (χ2v) is 11.0. The van der Waals surface area contributed by atoms with Gasteiger partial charge in [0.05, 0.1) is 0 Å². The predicted molar refractivity (Wildman–Crippen MR) is 32.7 cm³/mol. The molecule has 0 atom stereocenters. The van der Waals surface area contributed by atoms with Crippen LogP contribution in [0.4, 0.5) is 0 Å². The van der Waals surface area contributed by atoms with E-state index in [1.54, 1.807) is 0 Å². The third-order valence-electron chi connectivity index (χ3n) is 0. The van der Waals surface area contributed by atoms with E-state index in [-0.39, 0.29) is 40.6 Å². The molecule has 0 aromatic heterocycles. The fraction of sp³-hybridized carbons (Fsp3) is 0. The Balaban J connectivity index is -0.00000000667. The first-order valence-corrected chi connectivity index (χ1v) is 7.35. The molecule has 0 radical (unpaired) electrons. The van der Waals surface area contributed by atoms with Crippen molar-refractivity contribution in [1.29, 1.82) is 0 Å². The molecule has 0 amide bonds. The summed E-state index contributed by atoms with van der Waals surface area (Å²) in [6.45, 7) is 0. The van der Waals surface area contributed by atoms with E-state index in [1.807, 2.05) is 8.50 Å². The van der Waals surface area contributed by atoms with Crippen molar-refractivity contribution >= 4 is 76.5 Å². The molecule has 0 nitrogen and oxygen atoms in total. The van der Waals surface area contributed by atoms with E-state index >= 15 is 0 Å². The molecule has 4 heteroatoms. The zero-order valence-electron chi connectivity index (χ0n) is 5.12. The molecule has 0 N–H and O–H groups in total. The minimum atomic E-state index is 0. The van der Waals surface area contributed by atoms with Crippen molar-refractivity contribution in [2.24, 2.45) is 0 Å². The summed E-state index contributed by atoms with van der Waals surface area (Å²) in [7, 11) is 2.03. The normalized spacial score (nSPS) is 4.00. The summed E-state index contributed by atoms with van der Waals surface area (Å²) in [6.07, 6.45) is 0. The first-order valence-electron chi connectivity index (χ1n) is 0.816. The SMILES string of the molecule is [AlH2][S][AlH2].[Ca+2].[H-].[H-]. The summed E-state index contributed by atoms with van der Waals surface area (Å²) in [5.74, 6) is 0. The molecule has 0 aliphatic carbocycles. The van der Waals surface area contributed by atoms with Gasteiger partial charge in [-0.25, -0.2) is 0 Å². The van der Waals surface area contributed by atoms with Crippen LogP contribution in [0.5, 0.6) is 0 Å². The minimum Gasteiger partial charge on any atom is -1.00 e. The summed E-state index contributed by atoms with van der Waals surface area (Å²) >= 11 is 2.69. The van der Waals surface area contributed by atoms with Crippen LogP contribution in [0.15, 0.2) is 0 Å². The number of hydrogen-bond acceptors (Lipinski definition) is 1. The van der Waals surface area contributed by atoms with E-state index in [2.05, 4.69) is 0 Å². The van der Waals surface area contributed by atoms with Gasteiger partial charge in [-0.1, -0.05) is 0 Å². The monoisotopic (exact) mass is 132 g/mol. The summed E-state index contributed by atoms with van der Waals surface area (Å²) in [5.41, 5.74) is 0. The fourth-order valence-corrected chi connectivity index (χ4v) is 0. The maximum atomic E-state index is 2.03.